The molecule has 1 unspecified atom stereocenters. The predicted octanol–water partition coefficient (Wildman–Crippen LogP) is 7.26. The Morgan fingerprint density at radius 1 is 0.625 bits per heavy atom. The maximum atomic E-state index is 11.1. The highest BCUT2D eigenvalue weighted by Gasteiger charge is 2.12. The molecule has 0 aliphatic carbocycles. The minimum Gasteiger partial charge on any atom is -0.381 e. The van der Waals surface area contributed by atoms with Crippen LogP contribution < -0.4 is 0 Å². The molecule has 0 N–H and O–H groups in total. The lowest BCUT2D eigenvalue weighted by Crippen LogP contribution is -1.98. The molecule has 0 aromatic carbocycles. The molecule has 24 heavy (non-hydrogen) atoms. The van der Waals surface area contributed by atoms with Gasteiger partial charge in [0.05, 0.1) is 13.7 Å². The first-order valence-corrected chi connectivity index (χ1v) is 11.7. The van der Waals surface area contributed by atoms with E-state index in [-0.39, 0.29) is 0 Å². The van der Waals surface area contributed by atoms with Crippen LogP contribution in [0.3, 0.4) is 0 Å². The first-order valence-electron chi connectivity index (χ1n) is 10.4. The molecule has 0 fully saturated rings. The van der Waals surface area contributed by atoms with Crippen LogP contribution in [0, 0.1) is 0 Å². The van der Waals surface area contributed by atoms with Gasteiger partial charge in [0, 0.05) is 13.0 Å². The van der Waals surface area contributed by atoms with Crippen LogP contribution in [0.2, 0.25) is 0 Å². The van der Waals surface area contributed by atoms with E-state index in [1.807, 2.05) is 0 Å². The van der Waals surface area contributed by atoms with Crippen molar-refractivity contribution in [3.8, 4) is 0 Å². The summed E-state index contributed by atoms with van der Waals surface area (Å²) in [6.45, 7) is 3.84. The first kappa shape index (κ1) is 24.0. The lowest BCUT2D eigenvalue weighted by Gasteiger charge is -2.04. The molecule has 0 aromatic rings. The smallest absolute Gasteiger partial charge is 0.381 e. The summed E-state index contributed by atoms with van der Waals surface area (Å²) in [6, 6.07) is 0. The van der Waals surface area contributed by atoms with Crippen LogP contribution in [0.1, 0.15) is 103 Å². The topological polar surface area (TPSA) is 35.5 Å². The van der Waals surface area contributed by atoms with Crippen molar-refractivity contribution >= 4 is 8.03 Å². The van der Waals surface area contributed by atoms with Crippen molar-refractivity contribution in [3.63, 3.8) is 0 Å². The molecule has 0 heterocycles. The SMILES string of the molecule is CCCCCCCCCCCCCCCCOCCC[P+](=O)OC. The van der Waals surface area contributed by atoms with Crippen molar-refractivity contribution in [1.29, 1.82) is 0 Å². The van der Waals surface area contributed by atoms with Gasteiger partial charge in [-0.1, -0.05) is 90.4 Å². The van der Waals surface area contributed by atoms with Crippen molar-refractivity contribution in [2.45, 2.75) is 103 Å². The van der Waals surface area contributed by atoms with Crippen LogP contribution in [-0.4, -0.2) is 26.5 Å². The highest BCUT2D eigenvalue weighted by Crippen LogP contribution is 2.20. The molecule has 1 atom stereocenters. The molecule has 0 bridgehead atoms. The van der Waals surface area contributed by atoms with Gasteiger partial charge in [-0.2, -0.15) is 0 Å². The molecule has 0 saturated heterocycles. The average Bonchev–Trinajstić information content (AvgIpc) is 2.60. The predicted molar refractivity (Wildman–Crippen MR) is 105 cm³/mol. The highest BCUT2D eigenvalue weighted by atomic mass is 31.1. The maximum absolute atomic E-state index is 11.1. The quantitative estimate of drug-likeness (QED) is 0.169. The van der Waals surface area contributed by atoms with Crippen molar-refractivity contribution in [2.75, 3.05) is 26.5 Å². The van der Waals surface area contributed by atoms with Gasteiger partial charge in [0.2, 0.25) is 0 Å². The van der Waals surface area contributed by atoms with E-state index >= 15 is 0 Å². The van der Waals surface area contributed by atoms with Gasteiger partial charge < -0.3 is 4.74 Å². The molecule has 3 nitrogen and oxygen atoms in total. The summed E-state index contributed by atoms with van der Waals surface area (Å²) in [6.07, 6.45) is 20.9. The number of unbranched alkanes of at least 4 members (excludes halogenated alkanes) is 13. The van der Waals surface area contributed by atoms with Crippen LogP contribution in [-0.2, 0) is 13.8 Å². The molecule has 0 aromatic heterocycles. The summed E-state index contributed by atoms with van der Waals surface area (Å²) in [5, 5.41) is 0. The van der Waals surface area contributed by atoms with Gasteiger partial charge in [-0.15, -0.1) is 4.52 Å². The molecule has 0 aliphatic rings. The minimum atomic E-state index is -1.45. The van der Waals surface area contributed by atoms with E-state index < -0.39 is 8.03 Å². The van der Waals surface area contributed by atoms with Gasteiger partial charge in [-0.25, -0.2) is 0 Å². The Balaban J connectivity index is 2.99. The van der Waals surface area contributed by atoms with Gasteiger partial charge in [0.25, 0.3) is 0 Å². The van der Waals surface area contributed by atoms with E-state index in [0.717, 1.165) is 19.4 Å². The Kier molecular flexibility index (Phi) is 21.1. The standard InChI is InChI=1S/C20H42O3P/c1-3-4-5-6-7-8-9-10-11-12-13-14-15-16-18-23-19-17-20-24(21)22-2/h3-20H2,1-2H3/q+1. The van der Waals surface area contributed by atoms with E-state index in [9.17, 15) is 4.57 Å². The van der Waals surface area contributed by atoms with Gasteiger partial charge in [-0.05, 0) is 11.0 Å². The van der Waals surface area contributed by atoms with E-state index in [1.54, 1.807) is 0 Å². The van der Waals surface area contributed by atoms with E-state index in [0.29, 0.717) is 12.8 Å². The Morgan fingerprint density at radius 2 is 1.04 bits per heavy atom. The first-order chi connectivity index (χ1) is 11.8. The summed E-state index contributed by atoms with van der Waals surface area (Å²) < 4.78 is 21.3. The molecule has 0 aliphatic heterocycles. The molecule has 0 spiro atoms. The molecular weight excluding hydrogens is 319 g/mol. The molecule has 0 rings (SSSR count). The van der Waals surface area contributed by atoms with E-state index in [4.69, 9.17) is 9.26 Å². The third-order valence-corrected chi connectivity index (χ3v) is 5.56. The molecule has 0 saturated carbocycles. The second-order valence-electron chi connectivity index (χ2n) is 6.80. The Morgan fingerprint density at radius 3 is 1.50 bits per heavy atom. The lowest BCUT2D eigenvalue weighted by molar-refractivity contribution is 0.130. The third kappa shape index (κ3) is 20.1. The maximum Gasteiger partial charge on any atom is 0.507 e. The van der Waals surface area contributed by atoms with Crippen molar-refractivity contribution < 1.29 is 13.8 Å². The Bertz CT molecular complexity index is 259. The zero-order valence-electron chi connectivity index (χ0n) is 16.4. The normalized spacial score (nSPS) is 11.8. The fraction of sp³-hybridized carbons (Fsp3) is 1.00. The van der Waals surface area contributed by atoms with Gasteiger partial charge >= 0.3 is 8.03 Å². The van der Waals surface area contributed by atoms with Crippen LogP contribution in [0.15, 0.2) is 0 Å². The number of rotatable bonds is 20. The Labute approximate surface area is 152 Å². The van der Waals surface area contributed by atoms with Crippen molar-refractivity contribution in [1.82, 2.24) is 0 Å². The summed E-state index contributed by atoms with van der Waals surface area (Å²) in [5.41, 5.74) is 0. The summed E-state index contributed by atoms with van der Waals surface area (Å²) in [5.74, 6) is 0. The minimum absolute atomic E-state index is 0.616. The molecular formula is C20H42O3P+. The molecule has 144 valence electrons. The number of hydrogen-bond acceptors (Lipinski definition) is 3. The zero-order chi connectivity index (χ0) is 17.7. The van der Waals surface area contributed by atoms with Gasteiger partial charge in [0.1, 0.15) is 0 Å². The van der Waals surface area contributed by atoms with Crippen LogP contribution in [0.5, 0.6) is 0 Å². The highest BCUT2D eigenvalue weighted by molar-refractivity contribution is 7.39. The second kappa shape index (κ2) is 21.1. The van der Waals surface area contributed by atoms with Crippen LogP contribution >= 0.6 is 8.03 Å². The fourth-order valence-corrected chi connectivity index (χ4v) is 3.46. The van der Waals surface area contributed by atoms with E-state index in [2.05, 4.69) is 6.92 Å². The Hall–Kier alpha value is 0.0200. The van der Waals surface area contributed by atoms with Crippen molar-refractivity contribution in [2.24, 2.45) is 0 Å². The second-order valence-corrected chi connectivity index (χ2v) is 8.28. The monoisotopic (exact) mass is 361 g/mol. The molecule has 0 radical (unpaired) electrons. The lowest BCUT2D eigenvalue weighted by atomic mass is 10.0. The molecule has 4 heteroatoms. The van der Waals surface area contributed by atoms with Crippen molar-refractivity contribution in [3.05, 3.63) is 0 Å². The molecule has 0 amide bonds. The average molecular weight is 362 g/mol. The summed E-state index contributed by atoms with van der Waals surface area (Å²) in [7, 11) is 0.0415. The zero-order valence-corrected chi connectivity index (χ0v) is 17.3. The number of hydrogen-bond donors (Lipinski definition) is 0. The van der Waals surface area contributed by atoms with Gasteiger partial charge in [0.15, 0.2) is 6.16 Å². The fourth-order valence-electron chi connectivity index (χ4n) is 2.89. The largest absolute Gasteiger partial charge is 0.507 e. The van der Waals surface area contributed by atoms with Crippen LogP contribution in [0.25, 0.3) is 0 Å². The number of ether oxygens (including phenoxy) is 1. The summed E-state index contributed by atoms with van der Waals surface area (Å²) >= 11 is 0. The summed E-state index contributed by atoms with van der Waals surface area (Å²) in [4.78, 5) is 0. The van der Waals surface area contributed by atoms with Crippen LogP contribution in [0.4, 0.5) is 0 Å². The third-order valence-electron chi connectivity index (χ3n) is 4.48. The van der Waals surface area contributed by atoms with E-state index in [1.165, 1.54) is 90.6 Å². The van der Waals surface area contributed by atoms with Gasteiger partial charge in [-0.3, -0.25) is 0 Å².